The molecule has 1 N–H and O–H groups in total. The van der Waals surface area contributed by atoms with Crippen LogP contribution >= 0.6 is 11.3 Å². The van der Waals surface area contributed by atoms with Gasteiger partial charge in [0.1, 0.15) is 11.5 Å². The number of nitrogens with one attached hydrogen (secondary N) is 1. The van der Waals surface area contributed by atoms with Crippen LogP contribution in [0.5, 0.6) is 0 Å². The lowest BCUT2D eigenvalue weighted by Crippen LogP contribution is -2.34. The van der Waals surface area contributed by atoms with Gasteiger partial charge < -0.3 is 9.73 Å². The fourth-order valence-electron chi connectivity index (χ4n) is 5.32. The number of carbonyl (C=O) groups excluding carboxylic acids is 1. The summed E-state index contributed by atoms with van der Waals surface area (Å²) in [6.07, 6.45) is 5.70. The summed E-state index contributed by atoms with van der Waals surface area (Å²) < 4.78 is 8.06. The van der Waals surface area contributed by atoms with Crippen molar-refractivity contribution in [3.63, 3.8) is 0 Å². The van der Waals surface area contributed by atoms with E-state index in [-0.39, 0.29) is 5.91 Å². The molecule has 1 saturated heterocycles. The number of furan rings is 1. The smallest absolute Gasteiger partial charge is 0.223 e. The van der Waals surface area contributed by atoms with Gasteiger partial charge in [0.25, 0.3) is 0 Å². The molecule has 1 aliphatic carbocycles. The number of carbonyl (C=O) groups is 1. The molecule has 1 amide bonds. The summed E-state index contributed by atoms with van der Waals surface area (Å²) in [4.78, 5) is 24.6. The summed E-state index contributed by atoms with van der Waals surface area (Å²) in [5, 5.41) is 8.77. The van der Waals surface area contributed by atoms with Crippen molar-refractivity contribution < 1.29 is 9.21 Å². The molecule has 9 heteroatoms. The molecule has 0 unspecified atom stereocenters. The predicted octanol–water partition coefficient (Wildman–Crippen LogP) is 5.17. The Morgan fingerprint density at radius 3 is 2.69 bits per heavy atom. The number of anilines is 1. The van der Waals surface area contributed by atoms with Crippen molar-refractivity contribution in [3.05, 3.63) is 58.9 Å². The van der Waals surface area contributed by atoms with E-state index in [1.807, 2.05) is 32.2 Å². The zero-order chi connectivity index (χ0) is 24.8. The third kappa shape index (κ3) is 4.37. The highest BCUT2D eigenvalue weighted by atomic mass is 32.1. The van der Waals surface area contributed by atoms with Gasteiger partial charge in [-0.1, -0.05) is 11.3 Å². The molecule has 5 heterocycles. The molecule has 186 valence electrons. The third-order valence-electron chi connectivity index (χ3n) is 7.08. The van der Waals surface area contributed by atoms with Crippen molar-refractivity contribution in [3.8, 4) is 21.8 Å². The summed E-state index contributed by atoms with van der Waals surface area (Å²) >= 11 is 1.56. The number of rotatable bonds is 5. The average molecular weight is 503 g/mol. The molecule has 0 saturated carbocycles. The number of hydrogen-bond donors (Lipinski definition) is 1. The predicted molar refractivity (Wildman–Crippen MR) is 140 cm³/mol. The van der Waals surface area contributed by atoms with Gasteiger partial charge in [-0.3, -0.25) is 19.4 Å². The number of aromatic nitrogens is 4. The molecule has 36 heavy (non-hydrogen) atoms. The Morgan fingerprint density at radius 2 is 2.00 bits per heavy atom. The van der Waals surface area contributed by atoms with Crippen LogP contribution in [0.2, 0.25) is 0 Å². The summed E-state index contributed by atoms with van der Waals surface area (Å²) in [5.74, 6) is 1.89. The third-order valence-corrected chi connectivity index (χ3v) is 8.10. The van der Waals surface area contributed by atoms with E-state index in [1.165, 1.54) is 18.2 Å². The highest BCUT2D eigenvalue weighted by Crippen LogP contribution is 2.45. The van der Waals surface area contributed by atoms with Crippen LogP contribution in [0.15, 0.2) is 34.9 Å². The molecule has 0 atom stereocenters. The minimum atomic E-state index is -0.0969. The van der Waals surface area contributed by atoms with Crippen LogP contribution in [0.4, 0.5) is 5.13 Å². The number of hydrogen-bond acceptors (Lipinski definition) is 7. The zero-order valence-corrected chi connectivity index (χ0v) is 21.7. The molecule has 8 nitrogen and oxygen atoms in total. The molecule has 4 aromatic rings. The van der Waals surface area contributed by atoms with Crippen molar-refractivity contribution in [2.75, 3.05) is 18.4 Å². The fourth-order valence-corrected chi connectivity index (χ4v) is 6.44. The van der Waals surface area contributed by atoms with Crippen LogP contribution in [-0.2, 0) is 24.2 Å². The molecule has 1 aliphatic heterocycles. The van der Waals surface area contributed by atoms with Gasteiger partial charge in [-0.2, -0.15) is 5.10 Å². The van der Waals surface area contributed by atoms with E-state index < -0.39 is 0 Å². The molecule has 6 rings (SSSR count). The molecule has 0 radical (unpaired) electrons. The molecule has 2 aliphatic rings. The second-order valence-corrected chi connectivity index (χ2v) is 10.8. The number of aryl methyl sites for hydroxylation is 3. The Balaban J connectivity index is 1.34. The molecular formula is C27H30N6O2S. The highest BCUT2D eigenvalue weighted by Gasteiger charge is 2.33. The number of amides is 1. The Morgan fingerprint density at radius 1 is 1.17 bits per heavy atom. The number of pyridine rings is 1. The van der Waals surface area contributed by atoms with Crippen LogP contribution in [0.25, 0.3) is 21.8 Å². The number of fused-ring (bicyclic) bond motifs is 3. The lowest BCUT2D eigenvalue weighted by molar-refractivity contribution is -0.114. The zero-order valence-electron chi connectivity index (χ0n) is 20.9. The van der Waals surface area contributed by atoms with E-state index >= 15 is 0 Å². The first-order valence-electron chi connectivity index (χ1n) is 12.5. The first kappa shape index (κ1) is 23.1. The minimum absolute atomic E-state index is 0.0969. The molecule has 0 aromatic carbocycles. The first-order chi connectivity index (χ1) is 17.4. The van der Waals surface area contributed by atoms with Crippen molar-refractivity contribution in [2.24, 2.45) is 0 Å². The normalized spacial score (nSPS) is 16.1. The van der Waals surface area contributed by atoms with Crippen molar-refractivity contribution in [1.82, 2.24) is 24.6 Å². The highest BCUT2D eigenvalue weighted by molar-refractivity contribution is 7.19. The van der Waals surface area contributed by atoms with Crippen molar-refractivity contribution >= 4 is 22.4 Å². The van der Waals surface area contributed by atoms with Gasteiger partial charge >= 0.3 is 0 Å². The van der Waals surface area contributed by atoms with Gasteiger partial charge in [0, 0.05) is 43.0 Å². The topological polar surface area (TPSA) is 89.1 Å². The summed E-state index contributed by atoms with van der Waals surface area (Å²) in [7, 11) is 0. The summed E-state index contributed by atoms with van der Waals surface area (Å²) in [5.41, 5.74) is 6.55. The average Bonchev–Trinajstić information content (AvgIpc) is 3.56. The van der Waals surface area contributed by atoms with Crippen LogP contribution in [0.1, 0.15) is 54.3 Å². The van der Waals surface area contributed by atoms with Crippen molar-refractivity contribution in [1.29, 1.82) is 0 Å². The van der Waals surface area contributed by atoms with Gasteiger partial charge in [-0.25, -0.2) is 4.98 Å². The minimum Gasteiger partial charge on any atom is -0.465 e. The Hall–Kier alpha value is -3.30. The van der Waals surface area contributed by atoms with E-state index in [4.69, 9.17) is 14.5 Å². The van der Waals surface area contributed by atoms with Crippen LogP contribution < -0.4 is 5.32 Å². The van der Waals surface area contributed by atoms with Crippen molar-refractivity contribution in [2.45, 2.75) is 59.0 Å². The van der Waals surface area contributed by atoms with Gasteiger partial charge in [-0.05, 0) is 63.8 Å². The van der Waals surface area contributed by atoms with E-state index in [9.17, 15) is 4.79 Å². The van der Waals surface area contributed by atoms with Gasteiger partial charge in [0.15, 0.2) is 5.13 Å². The van der Waals surface area contributed by atoms with E-state index in [1.54, 1.807) is 11.3 Å². The van der Waals surface area contributed by atoms with Gasteiger partial charge in [0.05, 0.1) is 34.5 Å². The monoisotopic (exact) mass is 502 g/mol. The standard InChI is InChI=1S/C27H30N6O2S/c1-16-4-6-19(14-28-16)24-22-8-9-23-26(36-27(30-23)29-18(3)34)25(22)33(31-24)20-10-12-32(13-11-20)15-21-7-5-17(2)35-21/h4-7,14,20H,8-13,15H2,1-3H3,(H,29,30,34). The lowest BCUT2D eigenvalue weighted by atomic mass is 9.95. The maximum atomic E-state index is 11.7. The first-order valence-corrected chi connectivity index (χ1v) is 13.4. The summed E-state index contributed by atoms with van der Waals surface area (Å²) in [6, 6.07) is 8.57. The molecular weight excluding hydrogens is 472 g/mol. The largest absolute Gasteiger partial charge is 0.465 e. The summed E-state index contributed by atoms with van der Waals surface area (Å²) in [6.45, 7) is 8.35. The fraction of sp³-hybridized carbons (Fsp3) is 0.407. The van der Waals surface area contributed by atoms with E-state index in [2.05, 4.69) is 32.0 Å². The molecule has 4 aromatic heterocycles. The molecule has 1 fully saturated rings. The molecule has 0 spiro atoms. The van der Waals surface area contributed by atoms with Gasteiger partial charge in [0.2, 0.25) is 5.91 Å². The van der Waals surface area contributed by atoms with Crippen LogP contribution in [0, 0.1) is 13.8 Å². The Kier molecular flexibility index (Phi) is 5.97. The maximum absolute atomic E-state index is 11.7. The maximum Gasteiger partial charge on any atom is 0.223 e. The van der Waals surface area contributed by atoms with E-state index in [0.717, 1.165) is 84.4 Å². The number of likely N-dealkylation sites (tertiary alicyclic amines) is 1. The number of piperidine rings is 1. The Labute approximate surface area is 214 Å². The van der Waals surface area contributed by atoms with Gasteiger partial charge in [-0.15, -0.1) is 0 Å². The molecule has 0 bridgehead atoms. The quantitative estimate of drug-likeness (QED) is 0.405. The lowest BCUT2D eigenvalue weighted by Gasteiger charge is -2.32. The second-order valence-electron chi connectivity index (χ2n) is 9.80. The number of nitrogens with zero attached hydrogens (tertiary/aromatic N) is 5. The number of thiazole rings is 1. The Bertz CT molecular complexity index is 1410. The SMILES string of the molecule is CC(=O)Nc1nc2c(s1)-c1c(c(-c3ccc(C)nc3)nn1C1CCN(Cc3ccc(C)o3)CC1)CC2. The second kappa shape index (κ2) is 9.29. The van der Waals surface area contributed by atoms with Crippen LogP contribution in [0.3, 0.4) is 0 Å². The van der Waals surface area contributed by atoms with E-state index in [0.29, 0.717) is 11.2 Å². The van der Waals surface area contributed by atoms with Crippen LogP contribution in [-0.4, -0.2) is 43.6 Å².